The fourth-order valence-corrected chi connectivity index (χ4v) is 2.42. The van der Waals surface area contributed by atoms with Gasteiger partial charge in [0.1, 0.15) is 0 Å². The third-order valence-electron chi connectivity index (χ3n) is 3.51. The van der Waals surface area contributed by atoms with Crippen LogP contribution in [-0.2, 0) is 19.0 Å². The maximum absolute atomic E-state index is 4.61. The minimum absolute atomic E-state index is 0.0776. The van der Waals surface area contributed by atoms with Gasteiger partial charge in [0, 0.05) is 36.8 Å². The second-order valence-electron chi connectivity index (χ2n) is 6.44. The summed E-state index contributed by atoms with van der Waals surface area (Å²) in [5.41, 5.74) is 3.85. The van der Waals surface area contributed by atoms with Crippen molar-refractivity contribution < 1.29 is 0 Å². The molecule has 0 fully saturated rings. The molecule has 3 heteroatoms. The van der Waals surface area contributed by atoms with Crippen LogP contribution >= 0.6 is 0 Å². The standard InChI is InChI=1S/C17H25N3/c1-13(14-9-7-6-8-10-14)18-11-15-12-20(5)19-16(15)17(2,3)4/h6-10,12-13,18H,11H2,1-5H3/t13-/m1/s1. The van der Waals surface area contributed by atoms with Gasteiger partial charge in [0.25, 0.3) is 0 Å². The fraction of sp³-hybridized carbons (Fsp3) is 0.471. The van der Waals surface area contributed by atoms with Gasteiger partial charge in [-0.25, -0.2) is 0 Å². The van der Waals surface area contributed by atoms with Gasteiger partial charge in [-0.1, -0.05) is 51.1 Å². The van der Waals surface area contributed by atoms with Gasteiger partial charge in [-0.15, -0.1) is 0 Å². The van der Waals surface area contributed by atoms with E-state index in [0.29, 0.717) is 6.04 Å². The van der Waals surface area contributed by atoms with E-state index in [1.54, 1.807) is 0 Å². The van der Waals surface area contributed by atoms with Crippen molar-refractivity contribution >= 4 is 0 Å². The van der Waals surface area contributed by atoms with E-state index in [-0.39, 0.29) is 5.41 Å². The summed E-state index contributed by atoms with van der Waals surface area (Å²) in [5, 5.41) is 8.20. The van der Waals surface area contributed by atoms with Crippen LogP contribution in [0.4, 0.5) is 0 Å². The smallest absolute Gasteiger partial charge is 0.0722 e. The van der Waals surface area contributed by atoms with Crippen LogP contribution in [0.1, 0.15) is 50.6 Å². The normalized spacial score (nSPS) is 13.4. The van der Waals surface area contributed by atoms with Crippen molar-refractivity contribution in [2.45, 2.75) is 45.7 Å². The summed E-state index contributed by atoms with van der Waals surface area (Å²) >= 11 is 0. The molecule has 0 spiro atoms. The molecule has 0 bridgehead atoms. The SMILES string of the molecule is C[C@@H](NCc1cn(C)nc1C(C)(C)C)c1ccccc1. The van der Waals surface area contributed by atoms with Crippen molar-refractivity contribution in [2.24, 2.45) is 7.05 Å². The summed E-state index contributed by atoms with van der Waals surface area (Å²) in [6.45, 7) is 9.66. The fourth-order valence-electron chi connectivity index (χ4n) is 2.42. The maximum Gasteiger partial charge on any atom is 0.0722 e. The summed E-state index contributed by atoms with van der Waals surface area (Å²) in [7, 11) is 1.99. The molecule has 0 radical (unpaired) electrons. The Kier molecular flexibility index (Phi) is 4.29. The zero-order chi connectivity index (χ0) is 14.8. The van der Waals surface area contributed by atoms with Crippen LogP contribution in [0.25, 0.3) is 0 Å². The molecule has 0 saturated heterocycles. The van der Waals surface area contributed by atoms with E-state index in [4.69, 9.17) is 0 Å². The molecule has 0 saturated carbocycles. The highest BCUT2D eigenvalue weighted by atomic mass is 15.3. The lowest BCUT2D eigenvalue weighted by Gasteiger charge is -2.19. The molecular formula is C17H25N3. The van der Waals surface area contributed by atoms with E-state index < -0.39 is 0 Å². The summed E-state index contributed by atoms with van der Waals surface area (Å²) in [6.07, 6.45) is 2.12. The van der Waals surface area contributed by atoms with Crippen molar-refractivity contribution in [1.82, 2.24) is 15.1 Å². The Morgan fingerprint density at radius 3 is 2.45 bits per heavy atom. The van der Waals surface area contributed by atoms with Crippen molar-refractivity contribution in [3.05, 3.63) is 53.3 Å². The number of nitrogens with one attached hydrogen (secondary N) is 1. The Bertz CT molecular complexity index is 549. The van der Waals surface area contributed by atoms with Crippen molar-refractivity contribution in [3.8, 4) is 0 Å². The molecular weight excluding hydrogens is 246 g/mol. The van der Waals surface area contributed by atoms with E-state index in [0.717, 1.165) is 6.54 Å². The van der Waals surface area contributed by atoms with E-state index in [2.05, 4.69) is 74.6 Å². The predicted molar refractivity (Wildman–Crippen MR) is 83.6 cm³/mol. The summed E-state index contributed by atoms with van der Waals surface area (Å²) in [4.78, 5) is 0. The second kappa shape index (κ2) is 5.80. The van der Waals surface area contributed by atoms with Crippen LogP contribution in [0.2, 0.25) is 0 Å². The lowest BCUT2D eigenvalue weighted by molar-refractivity contribution is 0.531. The first-order valence-corrected chi connectivity index (χ1v) is 7.19. The van der Waals surface area contributed by atoms with Crippen molar-refractivity contribution in [3.63, 3.8) is 0 Å². The number of aromatic nitrogens is 2. The Morgan fingerprint density at radius 2 is 1.85 bits per heavy atom. The maximum atomic E-state index is 4.61. The summed E-state index contributed by atoms with van der Waals surface area (Å²) in [6, 6.07) is 10.9. The van der Waals surface area contributed by atoms with Gasteiger partial charge in [0.05, 0.1) is 5.69 Å². The summed E-state index contributed by atoms with van der Waals surface area (Å²) < 4.78 is 1.91. The molecule has 1 aromatic heterocycles. The van der Waals surface area contributed by atoms with Gasteiger partial charge in [0.2, 0.25) is 0 Å². The Labute approximate surface area is 122 Å². The van der Waals surface area contributed by atoms with Crippen LogP contribution in [0.3, 0.4) is 0 Å². The van der Waals surface area contributed by atoms with Gasteiger partial charge >= 0.3 is 0 Å². The van der Waals surface area contributed by atoms with Crippen LogP contribution in [-0.4, -0.2) is 9.78 Å². The van der Waals surface area contributed by atoms with Gasteiger partial charge in [-0.05, 0) is 12.5 Å². The lowest BCUT2D eigenvalue weighted by Crippen LogP contribution is -2.21. The average molecular weight is 271 g/mol. The molecule has 108 valence electrons. The zero-order valence-corrected chi connectivity index (χ0v) is 13.1. The van der Waals surface area contributed by atoms with Crippen molar-refractivity contribution in [1.29, 1.82) is 0 Å². The minimum Gasteiger partial charge on any atom is -0.306 e. The number of hydrogen-bond donors (Lipinski definition) is 1. The highest BCUT2D eigenvalue weighted by molar-refractivity contribution is 5.24. The topological polar surface area (TPSA) is 29.9 Å². The highest BCUT2D eigenvalue weighted by Gasteiger charge is 2.21. The van der Waals surface area contributed by atoms with Gasteiger partial charge in [-0.3, -0.25) is 4.68 Å². The molecule has 0 aliphatic rings. The predicted octanol–water partition coefficient (Wildman–Crippen LogP) is 3.57. The van der Waals surface area contributed by atoms with Gasteiger partial charge in [0.15, 0.2) is 0 Å². The molecule has 0 amide bonds. The third kappa shape index (κ3) is 3.48. The number of rotatable bonds is 4. The minimum atomic E-state index is 0.0776. The quantitative estimate of drug-likeness (QED) is 0.921. The number of nitrogens with zero attached hydrogens (tertiary/aromatic N) is 2. The van der Waals surface area contributed by atoms with Crippen LogP contribution in [0, 0.1) is 0 Å². The van der Waals surface area contributed by atoms with Crippen LogP contribution in [0.15, 0.2) is 36.5 Å². The molecule has 2 rings (SSSR count). The molecule has 1 atom stereocenters. The molecule has 1 aromatic carbocycles. The lowest BCUT2D eigenvalue weighted by atomic mass is 9.89. The number of aryl methyl sites for hydroxylation is 1. The number of hydrogen-bond acceptors (Lipinski definition) is 2. The highest BCUT2D eigenvalue weighted by Crippen LogP contribution is 2.24. The first kappa shape index (κ1) is 14.8. The van der Waals surface area contributed by atoms with Gasteiger partial charge < -0.3 is 5.32 Å². The van der Waals surface area contributed by atoms with E-state index in [1.807, 2.05) is 11.7 Å². The molecule has 0 aliphatic carbocycles. The molecule has 20 heavy (non-hydrogen) atoms. The van der Waals surface area contributed by atoms with Crippen LogP contribution in [0.5, 0.6) is 0 Å². The molecule has 0 unspecified atom stereocenters. The third-order valence-corrected chi connectivity index (χ3v) is 3.51. The Hall–Kier alpha value is -1.61. The largest absolute Gasteiger partial charge is 0.306 e. The average Bonchev–Trinajstić information content (AvgIpc) is 2.78. The molecule has 1 N–H and O–H groups in total. The van der Waals surface area contributed by atoms with Gasteiger partial charge in [-0.2, -0.15) is 5.10 Å². The zero-order valence-electron chi connectivity index (χ0n) is 13.1. The molecule has 1 heterocycles. The second-order valence-corrected chi connectivity index (χ2v) is 6.44. The Balaban J connectivity index is 2.08. The van der Waals surface area contributed by atoms with E-state index in [9.17, 15) is 0 Å². The number of benzene rings is 1. The molecule has 3 nitrogen and oxygen atoms in total. The Morgan fingerprint density at radius 1 is 1.20 bits per heavy atom. The summed E-state index contributed by atoms with van der Waals surface area (Å²) in [5.74, 6) is 0. The van der Waals surface area contributed by atoms with Crippen LogP contribution < -0.4 is 5.32 Å². The first-order valence-electron chi connectivity index (χ1n) is 7.19. The van der Waals surface area contributed by atoms with Crippen molar-refractivity contribution in [2.75, 3.05) is 0 Å². The first-order chi connectivity index (χ1) is 9.38. The molecule has 2 aromatic rings. The monoisotopic (exact) mass is 271 g/mol. The van der Waals surface area contributed by atoms with E-state index >= 15 is 0 Å². The molecule has 0 aliphatic heterocycles. The van der Waals surface area contributed by atoms with E-state index in [1.165, 1.54) is 16.8 Å².